The van der Waals surface area contributed by atoms with E-state index >= 15 is 0 Å². The zero-order valence-electron chi connectivity index (χ0n) is 11.8. The van der Waals surface area contributed by atoms with Crippen molar-refractivity contribution < 1.29 is 4.74 Å². The van der Waals surface area contributed by atoms with Crippen molar-refractivity contribution in [3.05, 3.63) is 0 Å². The summed E-state index contributed by atoms with van der Waals surface area (Å²) >= 11 is 0. The van der Waals surface area contributed by atoms with Gasteiger partial charge in [0.25, 0.3) is 0 Å². The molecule has 3 rings (SSSR count). The van der Waals surface area contributed by atoms with Crippen LogP contribution in [0.2, 0.25) is 0 Å². The second kappa shape index (κ2) is 5.10. The largest absolute Gasteiger partial charge is 0.379 e. The summed E-state index contributed by atoms with van der Waals surface area (Å²) in [5, 5.41) is 3.51. The number of nitrogens with one attached hydrogen (secondary N) is 1. The van der Waals surface area contributed by atoms with E-state index in [4.69, 9.17) is 4.74 Å². The van der Waals surface area contributed by atoms with Gasteiger partial charge in [0.2, 0.25) is 0 Å². The Labute approximate surface area is 111 Å². The third-order valence-electron chi connectivity index (χ3n) is 5.83. The Balaban J connectivity index is 1.60. The molecule has 0 aromatic carbocycles. The van der Waals surface area contributed by atoms with Crippen molar-refractivity contribution in [1.82, 2.24) is 10.2 Å². The van der Waals surface area contributed by atoms with Gasteiger partial charge in [0.05, 0.1) is 13.2 Å². The van der Waals surface area contributed by atoms with Crippen molar-refractivity contribution >= 4 is 0 Å². The molecule has 1 saturated carbocycles. The molecule has 0 atom stereocenters. The average Bonchev–Trinajstić information content (AvgIpc) is 2.45. The van der Waals surface area contributed by atoms with Crippen LogP contribution in [0.5, 0.6) is 0 Å². The van der Waals surface area contributed by atoms with Crippen molar-refractivity contribution in [2.24, 2.45) is 5.41 Å². The van der Waals surface area contributed by atoms with Gasteiger partial charge < -0.3 is 10.1 Å². The smallest absolute Gasteiger partial charge is 0.0594 e. The molecule has 104 valence electrons. The Kier molecular flexibility index (Phi) is 3.65. The summed E-state index contributed by atoms with van der Waals surface area (Å²) in [6.07, 6.45) is 8.50. The average molecular weight is 252 g/mol. The summed E-state index contributed by atoms with van der Waals surface area (Å²) in [5.74, 6) is 0. The summed E-state index contributed by atoms with van der Waals surface area (Å²) in [5.41, 5.74) is 1.15. The lowest BCUT2D eigenvalue weighted by Crippen LogP contribution is -2.55. The Morgan fingerprint density at radius 3 is 2.11 bits per heavy atom. The second-order valence-electron chi connectivity index (χ2n) is 6.85. The summed E-state index contributed by atoms with van der Waals surface area (Å²) in [4.78, 5) is 2.70. The van der Waals surface area contributed by atoms with E-state index in [9.17, 15) is 0 Å². The fourth-order valence-electron chi connectivity index (χ4n) is 4.20. The Bertz CT molecular complexity index is 270. The minimum atomic E-state index is 0.458. The molecule has 0 radical (unpaired) electrons. The molecule has 0 unspecified atom stereocenters. The van der Waals surface area contributed by atoms with Gasteiger partial charge >= 0.3 is 0 Å². The second-order valence-corrected chi connectivity index (χ2v) is 6.85. The molecular formula is C15H28N2O. The van der Waals surface area contributed by atoms with Gasteiger partial charge in [0, 0.05) is 18.6 Å². The molecule has 0 aromatic heterocycles. The molecule has 1 spiro atoms. The lowest BCUT2D eigenvalue weighted by molar-refractivity contribution is -0.0502. The molecule has 3 fully saturated rings. The van der Waals surface area contributed by atoms with Crippen LogP contribution < -0.4 is 5.32 Å². The molecule has 3 nitrogen and oxygen atoms in total. The van der Waals surface area contributed by atoms with E-state index in [1.807, 2.05) is 0 Å². The van der Waals surface area contributed by atoms with Gasteiger partial charge in [-0.1, -0.05) is 0 Å². The van der Waals surface area contributed by atoms with Crippen molar-refractivity contribution in [2.45, 2.75) is 51.0 Å². The number of rotatable bonds is 1. The van der Waals surface area contributed by atoms with Gasteiger partial charge in [-0.3, -0.25) is 4.90 Å². The highest BCUT2D eigenvalue weighted by molar-refractivity contribution is 4.98. The van der Waals surface area contributed by atoms with Crippen LogP contribution in [0.4, 0.5) is 0 Å². The van der Waals surface area contributed by atoms with Crippen molar-refractivity contribution in [3.8, 4) is 0 Å². The number of hydrogen-bond acceptors (Lipinski definition) is 3. The first-order chi connectivity index (χ1) is 8.73. The first kappa shape index (κ1) is 12.9. The number of morpholine rings is 1. The molecule has 0 aromatic rings. The van der Waals surface area contributed by atoms with Crippen LogP contribution in [0.15, 0.2) is 0 Å². The van der Waals surface area contributed by atoms with Crippen LogP contribution in [0, 0.1) is 5.41 Å². The van der Waals surface area contributed by atoms with Crippen molar-refractivity contribution in [3.63, 3.8) is 0 Å². The topological polar surface area (TPSA) is 24.5 Å². The minimum Gasteiger partial charge on any atom is -0.379 e. The van der Waals surface area contributed by atoms with E-state index in [0.29, 0.717) is 11.0 Å². The standard InChI is InChI=1S/C15H28N2O/c1-14(17-10-12-18-13-11-17)2-4-15(5-3-14)6-8-16-9-7-15/h16H,2-13H2,1H3. The molecule has 3 aliphatic rings. The van der Waals surface area contributed by atoms with Gasteiger partial charge in [-0.05, 0) is 64.0 Å². The zero-order chi connectivity index (χ0) is 12.5. The molecule has 18 heavy (non-hydrogen) atoms. The highest BCUT2D eigenvalue weighted by Gasteiger charge is 2.43. The molecule has 1 aliphatic carbocycles. The fraction of sp³-hybridized carbons (Fsp3) is 1.00. The number of nitrogens with zero attached hydrogens (tertiary/aromatic N) is 1. The van der Waals surface area contributed by atoms with Crippen LogP contribution in [0.3, 0.4) is 0 Å². The molecule has 1 N–H and O–H groups in total. The summed E-state index contributed by atoms with van der Waals surface area (Å²) in [7, 11) is 0. The number of piperidine rings is 1. The van der Waals surface area contributed by atoms with Gasteiger partial charge in [-0.15, -0.1) is 0 Å². The third kappa shape index (κ3) is 2.45. The Morgan fingerprint density at radius 1 is 0.889 bits per heavy atom. The maximum atomic E-state index is 5.50. The molecule has 0 amide bonds. The van der Waals surface area contributed by atoms with Gasteiger partial charge in [0.15, 0.2) is 0 Å². The van der Waals surface area contributed by atoms with Gasteiger partial charge in [0.1, 0.15) is 0 Å². The van der Waals surface area contributed by atoms with Crippen LogP contribution in [-0.2, 0) is 4.74 Å². The minimum absolute atomic E-state index is 0.458. The molecule has 2 saturated heterocycles. The van der Waals surface area contributed by atoms with Crippen LogP contribution in [-0.4, -0.2) is 49.8 Å². The molecule has 3 heteroatoms. The van der Waals surface area contributed by atoms with Crippen LogP contribution in [0.1, 0.15) is 45.4 Å². The Morgan fingerprint density at radius 2 is 1.50 bits per heavy atom. The predicted octanol–water partition coefficient (Wildman–Crippen LogP) is 2.02. The van der Waals surface area contributed by atoms with Gasteiger partial charge in [-0.25, -0.2) is 0 Å². The monoisotopic (exact) mass is 252 g/mol. The summed E-state index contributed by atoms with van der Waals surface area (Å²) in [6.45, 7) is 9.14. The van der Waals surface area contributed by atoms with Crippen molar-refractivity contribution in [2.75, 3.05) is 39.4 Å². The highest BCUT2D eigenvalue weighted by Crippen LogP contribution is 2.48. The first-order valence-electron chi connectivity index (χ1n) is 7.76. The lowest BCUT2D eigenvalue weighted by atomic mass is 9.63. The van der Waals surface area contributed by atoms with E-state index in [-0.39, 0.29) is 0 Å². The predicted molar refractivity (Wildman–Crippen MR) is 73.8 cm³/mol. The van der Waals surface area contributed by atoms with Crippen molar-refractivity contribution in [1.29, 1.82) is 0 Å². The van der Waals surface area contributed by atoms with Crippen LogP contribution in [0.25, 0.3) is 0 Å². The first-order valence-corrected chi connectivity index (χ1v) is 7.76. The maximum absolute atomic E-state index is 5.50. The quantitative estimate of drug-likeness (QED) is 0.773. The van der Waals surface area contributed by atoms with E-state index in [1.54, 1.807) is 0 Å². The van der Waals surface area contributed by atoms with E-state index in [2.05, 4.69) is 17.1 Å². The molecule has 0 bridgehead atoms. The summed E-state index contributed by atoms with van der Waals surface area (Å²) < 4.78 is 5.50. The fourth-order valence-corrected chi connectivity index (χ4v) is 4.20. The maximum Gasteiger partial charge on any atom is 0.0594 e. The van der Waals surface area contributed by atoms with Crippen LogP contribution >= 0.6 is 0 Å². The highest BCUT2D eigenvalue weighted by atomic mass is 16.5. The zero-order valence-corrected chi connectivity index (χ0v) is 11.8. The van der Waals surface area contributed by atoms with Gasteiger partial charge in [-0.2, -0.15) is 0 Å². The molecule has 2 heterocycles. The Hall–Kier alpha value is -0.120. The van der Waals surface area contributed by atoms with E-state index in [1.165, 1.54) is 51.6 Å². The SMILES string of the molecule is CC1(N2CCOCC2)CCC2(CCNCC2)CC1. The normalized spacial score (nSPS) is 32.5. The van der Waals surface area contributed by atoms with E-state index in [0.717, 1.165) is 26.3 Å². The van der Waals surface area contributed by atoms with E-state index < -0.39 is 0 Å². The third-order valence-corrected chi connectivity index (χ3v) is 5.83. The summed E-state index contributed by atoms with van der Waals surface area (Å²) in [6, 6.07) is 0. The lowest BCUT2D eigenvalue weighted by Gasteiger charge is -2.52. The number of hydrogen-bond donors (Lipinski definition) is 1. The molecular weight excluding hydrogens is 224 g/mol. The number of ether oxygens (including phenoxy) is 1. The molecule has 2 aliphatic heterocycles.